The fourth-order valence-electron chi connectivity index (χ4n) is 4.10. The Balaban J connectivity index is 1.53. The molecule has 0 aliphatic carbocycles. The van der Waals surface area contributed by atoms with E-state index >= 15 is 0 Å². The molecule has 1 N–H and O–H groups in total. The number of benzene rings is 1. The van der Waals surface area contributed by atoms with Gasteiger partial charge in [-0.25, -0.2) is 4.79 Å². The number of Topliss-reactive ketones (excluding diaryl/α,β-unsaturated/α-hetero) is 1. The van der Waals surface area contributed by atoms with Crippen molar-refractivity contribution < 1.29 is 19.1 Å². The lowest BCUT2D eigenvalue weighted by atomic mass is 10.0. The number of rotatable bonds is 4. The number of ether oxygens (including phenoxy) is 1. The minimum absolute atomic E-state index is 0.0177. The molecule has 6 nitrogen and oxygen atoms in total. The Bertz CT molecular complexity index is 953. The number of hydrogen-bond acceptors (Lipinski definition) is 5. The molecule has 0 spiro atoms. The zero-order chi connectivity index (χ0) is 19.3. The summed E-state index contributed by atoms with van der Waals surface area (Å²) in [5.74, 6) is -0.246. The van der Waals surface area contributed by atoms with Gasteiger partial charge in [-0.15, -0.1) is 11.8 Å². The first-order valence-corrected chi connectivity index (χ1v) is 10.1. The summed E-state index contributed by atoms with van der Waals surface area (Å²) in [5.41, 5.74) is 2.18. The van der Waals surface area contributed by atoms with Crippen LogP contribution in [-0.4, -0.2) is 50.3 Å². The highest BCUT2D eigenvalue weighted by atomic mass is 32.2. The first-order valence-electron chi connectivity index (χ1n) is 9.10. The molecule has 2 aliphatic rings. The first-order chi connectivity index (χ1) is 12.8. The molecule has 142 valence electrons. The third-order valence-electron chi connectivity index (χ3n) is 5.52. The van der Waals surface area contributed by atoms with Crippen molar-refractivity contribution in [2.45, 2.75) is 50.6 Å². The average molecular weight is 386 g/mol. The number of nitrogens with zero attached hydrogens (tertiary/aromatic N) is 1. The molecule has 7 heteroatoms. The number of nitrogens with one attached hydrogen (secondary N) is 1. The van der Waals surface area contributed by atoms with Crippen LogP contribution in [0, 0.1) is 6.92 Å². The summed E-state index contributed by atoms with van der Waals surface area (Å²) in [7, 11) is 0. The molecule has 3 heterocycles. The first kappa shape index (κ1) is 18.1. The number of hydrogen-bond donors (Lipinski definition) is 1. The van der Waals surface area contributed by atoms with E-state index in [1.807, 2.05) is 38.1 Å². The zero-order valence-corrected chi connectivity index (χ0v) is 16.4. The van der Waals surface area contributed by atoms with Gasteiger partial charge < -0.3 is 14.6 Å². The molecular weight excluding hydrogens is 364 g/mol. The summed E-state index contributed by atoms with van der Waals surface area (Å²) in [5, 5.41) is 0.821. The van der Waals surface area contributed by atoms with Gasteiger partial charge in [0.15, 0.2) is 6.10 Å². The van der Waals surface area contributed by atoms with Gasteiger partial charge in [0.2, 0.25) is 11.7 Å². The molecule has 3 unspecified atom stereocenters. The van der Waals surface area contributed by atoms with Crippen LogP contribution in [0.5, 0.6) is 0 Å². The second-order valence-corrected chi connectivity index (χ2v) is 8.88. The van der Waals surface area contributed by atoms with E-state index in [0.29, 0.717) is 17.7 Å². The number of aromatic nitrogens is 1. The fourth-order valence-corrected chi connectivity index (χ4v) is 5.52. The third-order valence-corrected chi connectivity index (χ3v) is 7.02. The molecule has 4 rings (SSSR count). The van der Waals surface area contributed by atoms with Crippen LogP contribution in [0.4, 0.5) is 0 Å². The van der Waals surface area contributed by atoms with Crippen molar-refractivity contribution in [3.8, 4) is 0 Å². The molecule has 1 amide bonds. The zero-order valence-electron chi connectivity index (χ0n) is 15.6. The van der Waals surface area contributed by atoms with E-state index < -0.39 is 18.1 Å². The van der Waals surface area contributed by atoms with E-state index in [4.69, 9.17) is 4.74 Å². The second-order valence-electron chi connectivity index (χ2n) is 7.38. The summed E-state index contributed by atoms with van der Waals surface area (Å²) < 4.78 is 5.52. The average Bonchev–Trinajstić information content (AvgIpc) is 3.24. The van der Waals surface area contributed by atoms with Crippen LogP contribution in [0.25, 0.3) is 10.9 Å². The maximum Gasteiger partial charge on any atom is 0.330 e. The quantitative estimate of drug-likeness (QED) is 0.645. The minimum Gasteiger partial charge on any atom is -0.453 e. The fraction of sp³-hybridized carbons (Fsp3) is 0.450. The number of aromatic amines is 1. The van der Waals surface area contributed by atoms with Crippen LogP contribution in [0.15, 0.2) is 24.3 Å². The number of fused-ring (bicyclic) bond motifs is 2. The molecule has 2 saturated heterocycles. The van der Waals surface area contributed by atoms with Gasteiger partial charge in [-0.1, -0.05) is 18.2 Å². The molecule has 2 aromatic rings. The summed E-state index contributed by atoms with van der Waals surface area (Å²) >= 11 is 1.61. The van der Waals surface area contributed by atoms with Crippen LogP contribution < -0.4 is 0 Å². The SMILES string of the molecule is Cc1[nH]c2ccccc2c1C(=O)C(C)OC(=O)C1CSC2(C)CCC(=O)N12. The Morgan fingerprint density at radius 3 is 2.89 bits per heavy atom. The highest BCUT2D eigenvalue weighted by Crippen LogP contribution is 2.47. The van der Waals surface area contributed by atoms with Crippen molar-refractivity contribution >= 4 is 40.3 Å². The van der Waals surface area contributed by atoms with Gasteiger partial charge in [-0.3, -0.25) is 9.59 Å². The normalized spacial score (nSPS) is 25.7. The second kappa shape index (κ2) is 6.41. The van der Waals surface area contributed by atoms with Gasteiger partial charge >= 0.3 is 5.97 Å². The number of carbonyl (C=O) groups excluding carboxylic acids is 3. The molecule has 0 radical (unpaired) electrons. The number of aryl methyl sites for hydroxylation is 1. The molecule has 2 aliphatic heterocycles. The van der Waals surface area contributed by atoms with Crippen molar-refractivity contribution in [2.24, 2.45) is 0 Å². The smallest absolute Gasteiger partial charge is 0.330 e. The van der Waals surface area contributed by atoms with Crippen molar-refractivity contribution in [1.82, 2.24) is 9.88 Å². The van der Waals surface area contributed by atoms with E-state index in [2.05, 4.69) is 4.98 Å². The largest absolute Gasteiger partial charge is 0.453 e. The van der Waals surface area contributed by atoms with Crippen molar-refractivity contribution in [3.63, 3.8) is 0 Å². The molecule has 0 saturated carbocycles. The van der Waals surface area contributed by atoms with E-state index in [9.17, 15) is 14.4 Å². The van der Waals surface area contributed by atoms with Gasteiger partial charge in [-0.2, -0.15) is 0 Å². The third kappa shape index (κ3) is 2.84. The number of esters is 1. The van der Waals surface area contributed by atoms with Gasteiger partial charge in [0.1, 0.15) is 6.04 Å². The Morgan fingerprint density at radius 2 is 2.11 bits per heavy atom. The molecular formula is C20H22N2O4S. The number of H-pyrrole nitrogens is 1. The predicted molar refractivity (Wildman–Crippen MR) is 104 cm³/mol. The maximum absolute atomic E-state index is 13.0. The van der Waals surface area contributed by atoms with Crippen LogP contribution in [0.3, 0.4) is 0 Å². The van der Waals surface area contributed by atoms with Crippen LogP contribution >= 0.6 is 11.8 Å². The summed E-state index contributed by atoms with van der Waals surface area (Å²) in [6.07, 6.45) is 0.282. The van der Waals surface area contributed by atoms with E-state index in [0.717, 1.165) is 23.0 Å². The van der Waals surface area contributed by atoms with Crippen molar-refractivity contribution in [1.29, 1.82) is 0 Å². The Kier molecular flexibility index (Phi) is 4.29. The molecule has 3 atom stereocenters. The monoisotopic (exact) mass is 386 g/mol. The van der Waals surface area contributed by atoms with Crippen molar-refractivity contribution in [2.75, 3.05) is 5.75 Å². The van der Waals surface area contributed by atoms with Gasteiger partial charge in [0.25, 0.3) is 0 Å². The minimum atomic E-state index is -0.912. The topological polar surface area (TPSA) is 79.5 Å². The molecule has 1 aromatic carbocycles. The lowest BCUT2D eigenvalue weighted by Gasteiger charge is -2.29. The Hall–Kier alpha value is -2.28. The predicted octanol–water partition coefficient (Wildman–Crippen LogP) is 3.04. The highest BCUT2D eigenvalue weighted by molar-refractivity contribution is 8.01. The van der Waals surface area contributed by atoms with Crippen molar-refractivity contribution in [3.05, 3.63) is 35.5 Å². The number of amides is 1. The Morgan fingerprint density at radius 1 is 1.37 bits per heavy atom. The lowest BCUT2D eigenvalue weighted by Crippen LogP contribution is -2.47. The van der Waals surface area contributed by atoms with E-state index in [1.165, 1.54) is 0 Å². The van der Waals surface area contributed by atoms with Gasteiger partial charge in [0.05, 0.1) is 4.87 Å². The standard InChI is InChI=1S/C20H22N2O4S/c1-11-17(13-6-4-5-7-14(13)21-11)18(24)12(2)26-19(25)15-10-27-20(3)9-8-16(23)22(15)20/h4-7,12,15,21H,8-10H2,1-3H3. The molecule has 0 bridgehead atoms. The molecule has 2 fully saturated rings. The van der Waals surface area contributed by atoms with Crippen LogP contribution in [-0.2, 0) is 14.3 Å². The maximum atomic E-state index is 13.0. The lowest BCUT2D eigenvalue weighted by molar-refractivity contribution is -0.155. The summed E-state index contributed by atoms with van der Waals surface area (Å²) in [6.45, 7) is 5.41. The summed E-state index contributed by atoms with van der Waals surface area (Å²) in [4.78, 5) is 42.4. The number of thioether (sulfide) groups is 1. The molecule has 1 aromatic heterocycles. The number of para-hydroxylation sites is 1. The van der Waals surface area contributed by atoms with E-state index in [1.54, 1.807) is 23.6 Å². The number of ketones is 1. The number of carbonyl (C=O) groups is 3. The van der Waals surface area contributed by atoms with E-state index in [-0.39, 0.29) is 16.6 Å². The van der Waals surface area contributed by atoms with Crippen LogP contribution in [0.2, 0.25) is 0 Å². The van der Waals surface area contributed by atoms with Gasteiger partial charge in [0, 0.05) is 34.3 Å². The molecule has 27 heavy (non-hydrogen) atoms. The Labute approximate surface area is 161 Å². The van der Waals surface area contributed by atoms with Crippen LogP contribution in [0.1, 0.15) is 42.7 Å². The summed E-state index contributed by atoms with van der Waals surface area (Å²) in [6, 6.07) is 6.94. The van der Waals surface area contributed by atoms with Gasteiger partial charge in [-0.05, 0) is 33.3 Å². The highest BCUT2D eigenvalue weighted by Gasteiger charge is 2.53.